The van der Waals surface area contributed by atoms with Crippen LogP contribution in [0.3, 0.4) is 0 Å². The summed E-state index contributed by atoms with van der Waals surface area (Å²) in [6, 6.07) is 0. The number of piperidine rings is 1. The van der Waals surface area contributed by atoms with Gasteiger partial charge in [-0.25, -0.2) is 4.98 Å². The third-order valence-corrected chi connectivity index (χ3v) is 2.78. The summed E-state index contributed by atoms with van der Waals surface area (Å²) in [7, 11) is 1.81. The Kier molecular flexibility index (Phi) is 3.51. The fraction of sp³-hybridized carbons (Fsp3) is 0.700. The van der Waals surface area contributed by atoms with Gasteiger partial charge in [-0.1, -0.05) is 0 Å². The first-order valence-electron chi connectivity index (χ1n) is 5.58. The van der Waals surface area contributed by atoms with Gasteiger partial charge in [0.1, 0.15) is 6.33 Å². The van der Waals surface area contributed by atoms with E-state index in [-0.39, 0.29) is 11.8 Å². The van der Waals surface area contributed by atoms with Crippen LogP contribution in [0.5, 0.6) is 0 Å². The highest BCUT2D eigenvalue weighted by atomic mass is 16.1. The van der Waals surface area contributed by atoms with Crippen molar-refractivity contribution in [2.45, 2.75) is 19.4 Å². The van der Waals surface area contributed by atoms with Gasteiger partial charge < -0.3 is 10.6 Å². The maximum absolute atomic E-state index is 11.8. The SMILES string of the molecule is Cn1cnc(CNC(=O)C2CCNCC2)n1. The highest BCUT2D eigenvalue weighted by molar-refractivity contribution is 5.78. The van der Waals surface area contributed by atoms with Crippen molar-refractivity contribution in [1.29, 1.82) is 0 Å². The molecule has 0 saturated carbocycles. The molecular formula is C10H17N5O. The summed E-state index contributed by atoms with van der Waals surface area (Å²) in [5.41, 5.74) is 0. The topological polar surface area (TPSA) is 71.8 Å². The number of nitrogens with one attached hydrogen (secondary N) is 2. The first-order valence-corrected chi connectivity index (χ1v) is 5.58. The minimum Gasteiger partial charge on any atom is -0.348 e. The van der Waals surface area contributed by atoms with Gasteiger partial charge in [-0.2, -0.15) is 5.10 Å². The monoisotopic (exact) mass is 223 g/mol. The van der Waals surface area contributed by atoms with Crippen LogP contribution in [-0.4, -0.2) is 33.8 Å². The maximum atomic E-state index is 11.8. The largest absolute Gasteiger partial charge is 0.348 e. The van der Waals surface area contributed by atoms with Gasteiger partial charge in [0.05, 0.1) is 6.54 Å². The molecule has 0 atom stereocenters. The van der Waals surface area contributed by atoms with Gasteiger partial charge in [-0.3, -0.25) is 9.48 Å². The highest BCUT2D eigenvalue weighted by Gasteiger charge is 2.20. The van der Waals surface area contributed by atoms with E-state index in [0.29, 0.717) is 12.4 Å². The average Bonchev–Trinajstić information content (AvgIpc) is 2.73. The van der Waals surface area contributed by atoms with Gasteiger partial charge in [0.25, 0.3) is 0 Å². The molecule has 1 fully saturated rings. The maximum Gasteiger partial charge on any atom is 0.223 e. The predicted octanol–water partition coefficient (Wildman–Crippen LogP) is -0.569. The van der Waals surface area contributed by atoms with E-state index >= 15 is 0 Å². The van der Waals surface area contributed by atoms with Crippen molar-refractivity contribution in [2.75, 3.05) is 13.1 Å². The zero-order chi connectivity index (χ0) is 11.4. The molecule has 88 valence electrons. The second-order valence-corrected chi connectivity index (χ2v) is 4.08. The van der Waals surface area contributed by atoms with Crippen LogP contribution in [0.15, 0.2) is 6.33 Å². The summed E-state index contributed by atoms with van der Waals surface area (Å²) >= 11 is 0. The van der Waals surface area contributed by atoms with Crippen LogP contribution in [0.25, 0.3) is 0 Å². The summed E-state index contributed by atoms with van der Waals surface area (Å²) < 4.78 is 1.63. The molecule has 16 heavy (non-hydrogen) atoms. The summed E-state index contributed by atoms with van der Waals surface area (Å²) in [6.45, 7) is 2.28. The van der Waals surface area contributed by atoms with Gasteiger partial charge in [0, 0.05) is 13.0 Å². The number of hydrogen-bond donors (Lipinski definition) is 2. The van der Waals surface area contributed by atoms with Gasteiger partial charge in [-0.05, 0) is 25.9 Å². The Morgan fingerprint density at radius 2 is 2.38 bits per heavy atom. The normalized spacial score (nSPS) is 17.3. The number of carbonyl (C=O) groups excluding carboxylic acids is 1. The molecule has 1 aromatic rings. The molecule has 0 spiro atoms. The van der Waals surface area contributed by atoms with E-state index in [1.54, 1.807) is 11.0 Å². The summed E-state index contributed by atoms with van der Waals surface area (Å²) in [4.78, 5) is 15.8. The van der Waals surface area contributed by atoms with E-state index < -0.39 is 0 Å². The lowest BCUT2D eigenvalue weighted by Crippen LogP contribution is -2.38. The third-order valence-electron chi connectivity index (χ3n) is 2.78. The molecule has 0 radical (unpaired) electrons. The van der Waals surface area contributed by atoms with Crippen molar-refractivity contribution >= 4 is 5.91 Å². The van der Waals surface area contributed by atoms with Crippen molar-refractivity contribution in [2.24, 2.45) is 13.0 Å². The Hall–Kier alpha value is -1.43. The second-order valence-electron chi connectivity index (χ2n) is 4.08. The molecule has 0 bridgehead atoms. The Balaban J connectivity index is 1.78. The number of carbonyl (C=O) groups is 1. The molecule has 2 N–H and O–H groups in total. The number of hydrogen-bond acceptors (Lipinski definition) is 4. The van der Waals surface area contributed by atoms with Crippen molar-refractivity contribution in [3.63, 3.8) is 0 Å². The number of aryl methyl sites for hydroxylation is 1. The van der Waals surface area contributed by atoms with Gasteiger partial charge >= 0.3 is 0 Å². The van der Waals surface area contributed by atoms with Crippen LogP contribution in [-0.2, 0) is 18.4 Å². The Bertz CT molecular complexity index is 356. The minimum atomic E-state index is 0.119. The molecule has 2 rings (SSSR count). The van der Waals surface area contributed by atoms with Gasteiger partial charge in [-0.15, -0.1) is 0 Å². The Morgan fingerprint density at radius 3 is 3.00 bits per heavy atom. The fourth-order valence-corrected chi connectivity index (χ4v) is 1.86. The second kappa shape index (κ2) is 5.07. The lowest BCUT2D eigenvalue weighted by Gasteiger charge is -2.21. The molecule has 6 nitrogen and oxygen atoms in total. The smallest absolute Gasteiger partial charge is 0.223 e. The van der Waals surface area contributed by atoms with Crippen LogP contribution in [0.2, 0.25) is 0 Å². The van der Waals surface area contributed by atoms with Gasteiger partial charge in [0.2, 0.25) is 5.91 Å². The molecule has 0 aliphatic carbocycles. The van der Waals surface area contributed by atoms with E-state index in [9.17, 15) is 4.79 Å². The molecule has 2 heterocycles. The van der Waals surface area contributed by atoms with E-state index in [0.717, 1.165) is 25.9 Å². The van der Waals surface area contributed by atoms with E-state index in [4.69, 9.17) is 0 Å². The highest BCUT2D eigenvalue weighted by Crippen LogP contribution is 2.11. The molecule has 1 aliphatic rings. The van der Waals surface area contributed by atoms with Crippen LogP contribution in [0.1, 0.15) is 18.7 Å². The zero-order valence-corrected chi connectivity index (χ0v) is 9.44. The Morgan fingerprint density at radius 1 is 1.62 bits per heavy atom. The van der Waals surface area contributed by atoms with Crippen LogP contribution in [0.4, 0.5) is 0 Å². The van der Waals surface area contributed by atoms with E-state index in [1.165, 1.54) is 0 Å². The van der Waals surface area contributed by atoms with Crippen LogP contribution >= 0.6 is 0 Å². The number of amides is 1. The average molecular weight is 223 g/mol. The summed E-state index contributed by atoms with van der Waals surface area (Å²) in [6.07, 6.45) is 3.47. The summed E-state index contributed by atoms with van der Waals surface area (Å²) in [5.74, 6) is 0.920. The zero-order valence-electron chi connectivity index (χ0n) is 9.44. The van der Waals surface area contributed by atoms with Crippen molar-refractivity contribution in [3.05, 3.63) is 12.2 Å². The van der Waals surface area contributed by atoms with Crippen molar-refractivity contribution in [1.82, 2.24) is 25.4 Å². The third kappa shape index (κ3) is 2.79. The summed E-state index contributed by atoms with van der Waals surface area (Å²) in [5, 5.41) is 10.2. The molecule has 0 aromatic carbocycles. The molecule has 1 aliphatic heterocycles. The lowest BCUT2D eigenvalue weighted by molar-refractivity contribution is -0.125. The number of rotatable bonds is 3. The van der Waals surface area contributed by atoms with Crippen LogP contribution < -0.4 is 10.6 Å². The first-order chi connectivity index (χ1) is 7.75. The van der Waals surface area contributed by atoms with E-state index in [2.05, 4.69) is 20.7 Å². The lowest BCUT2D eigenvalue weighted by atomic mass is 9.97. The fourth-order valence-electron chi connectivity index (χ4n) is 1.86. The molecule has 1 aromatic heterocycles. The molecule has 1 amide bonds. The standard InChI is InChI=1S/C10H17N5O/c1-15-7-13-9(14-15)6-12-10(16)8-2-4-11-5-3-8/h7-8,11H,2-6H2,1H3,(H,12,16). The minimum absolute atomic E-state index is 0.119. The predicted molar refractivity (Wildman–Crippen MR) is 58.4 cm³/mol. The first kappa shape index (κ1) is 11.1. The molecular weight excluding hydrogens is 206 g/mol. The molecule has 1 saturated heterocycles. The number of aromatic nitrogens is 3. The number of nitrogens with zero attached hydrogens (tertiary/aromatic N) is 3. The quantitative estimate of drug-likeness (QED) is 0.720. The van der Waals surface area contributed by atoms with E-state index in [1.807, 2.05) is 7.05 Å². The van der Waals surface area contributed by atoms with Crippen molar-refractivity contribution in [3.8, 4) is 0 Å². The van der Waals surface area contributed by atoms with Crippen LogP contribution in [0, 0.1) is 5.92 Å². The Labute approximate surface area is 94.4 Å². The molecule has 0 unspecified atom stereocenters. The van der Waals surface area contributed by atoms with Crippen molar-refractivity contribution < 1.29 is 4.79 Å². The van der Waals surface area contributed by atoms with Gasteiger partial charge in [0.15, 0.2) is 5.82 Å². The molecule has 6 heteroatoms.